The van der Waals surface area contributed by atoms with Crippen LogP contribution in [0.2, 0.25) is 0 Å². The van der Waals surface area contributed by atoms with E-state index in [9.17, 15) is 9.90 Å². The number of carbonyl (C=O) groups is 1. The van der Waals surface area contributed by atoms with Crippen LogP contribution in [0.3, 0.4) is 0 Å². The zero-order valence-electron chi connectivity index (χ0n) is 11.4. The summed E-state index contributed by atoms with van der Waals surface area (Å²) in [7, 11) is 0. The minimum Gasteiger partial charge on any atom is -0.478 e. The molecule has 0 unspecified atom stereocenters. The molecule has 0 aliphatic heterocycles. The van der Waals surface area contributed by atoms with Crippen LogP contribution < -0.4 is 4.90 Å². The van der Waals surface area contributed by atoms with Crippen molar-refractivity contribution in [1.29, 1.82) is 0 Å². The van der Waals surface area contributed by atoms with Crippen LogP contribution in [-0.2, 0) is 12.8 Å². The summed E-state index contributed by atoms with van der Waals surface area (Å²) in [4.78, 5) is 18.4. The maximum Gasteiger partial charge on any atom is 0.339 e. The highest BCUT2D eigenvalue weighted by Crippen LogP contribution is 2.34. The van der Waals surface area contributed by atoms with Crippen LogP contribution in [0.1, 0.15) is 54.2 Å². The zero-order chi connectivity index (χ0) is 13.4. The van der Waals surface area contributed by atoms with Crippen LogP contribution in [0.5, 0.6) is 0 Å². The van der Waals surface area contributed by atoms with E-state index in [1.165, 1.54) is 6.42 Å². The van der Waals surface area contributed by atoms with Gasteiger partial charge in [-0.15, -0.1) is 0 Å². The minimum atomic E-state index is -0.852. The number of rotatable bonds is 4. The topological polar surface area (TPSA) is 53.4 Å². The summed E-state index contributed by atoms with van der Waals surface area (Å²) in [6.07, 6.45) is 6.59. The first-order valence-corrected chi connectivity index (χ1v) is 7.23. The van der Waals surface area contributed by atoms with Crippen molar-refractivity contribution >= 4 is 11.8 Å². The predicted octanol–water partition coefficient (Wildman–Crippen LogP) is 2.65. The number of fused-ring (bicyclic) bond motifs is 1. The summed E-state index contributed by atoms with van der Waals surface area (Å²) in [5, 5.41) is 9.45. The highest BCUT2D eigenvalue weighted by atomic mass is 16.4. The number of carboxylic acid groups (broad SMARTS) is 1. The minimum absolute atomic E-state index is 0.384. The van der Waals surface area contributed by atoms with Gasteiger partial charge in [0, 0.05) is 18.3 Å². The molecule has 1 saturated carbocycles. The lowest BCUT2D eigenvalue weighted by Gasteiger charge is -2.26. The number of aryl methyl sites for hydroxylation is 2. The summed E-state index contributed by atoms with van der Waals surface area (Å²) < 4.78 is 0. The second-order valence-corrected chi connectivity index (χ2v) is 5.49. The van der Waals surface area contributed by atoms with Gasteiger partial charge >= 0.3 is 5.97 Å². The fraction of sp³-hybridized carbons (Fsp3) is 0.600. The Hall–Kier alpha value is -1.58. The Morgan fingerprint density at radius 3 is 2.79 bits per heavy atom. The molecule has 4 heteroatoms. The molecule has 3 rings (SSSR count). The molecule has 19 heavy (non-hydrogen) atoms. The summed E-state index contributed by atoms with van der Waals surface area (Å²) in [5.41, 5.74) is 2.64. The van der Waals surface area contributed by atoms with Gasteiger partial charge in [-0.1, -0.05) is 0 Å². The fourth-order valence-corrected chi connectivity index (χ4v) is 2.97. The Balaban J connectivity index is 2.07. The largest absolute Gasteiger partial charge is 0.478 e. The zero-order valence-corrected chi connectivity index (χ0v) is 11.4. The Morgan fingerprint density at radius 1 is 1.42 bits per heavy atom. The number of nitrogens with zero attached hydrogens (tertiary/aromatic N) is 2. The van der Waals surface area contributed by atoms with Crippen molar-refractivity contribution < 1.29 is 9.90 Å². The number of aromatic nitrogens is 1. The monoisotopic (exact) mass is 260 g/mol. The van der Waals surface area contributed by atoms with Gasteiger partial charge in [-0.3, -0.25) is 0 Å². The first kappa shape index (κ1) is 12.5. The smallest absolute Gasteiger partial charge is 0.339 e. The maximum absolute atomic E-state index is 11.5. The Morgan fingerprint density at radius 2 is 2.16 bits per heavy atom. The van der Waals surface area contributed by atoms with E-state index in [2.05, 4.69) is 11.8 Å². The van der Waals surface area contributed by atoms with E-state index in [1.54, 1.807) is 0 Å². The lowest BCUT2D eigenvalue weighted by molar-refractivity contribution is 0.0697. The van der Waals surface area contributed by atoms with E-state index >= 15 is 0 Å². The SMILES string of the molecule is CCN(c1nc2c(cc1C(=O)O)CCCC2)C1CC1. The number of pyridine rings is 1. The van der Waals surface area contributed by atoms with Gasteiger partial charge in [0.1, 0.15) is 11.4 Å². The molecule has 1 N–H and O–H groups in total. The van der Waals surface area contributed by atoms with Gasteiger partial charge < -0.3 is 10.0 Å². The molecule has 0 saturated heterocycles. The third-order valence-corrected chi connectivity index (χ3v) is 4.11. The predicted molar refractivity (Wildman–Crippen MR) is 73.9 cm³/mol. The van der Waals surface area contributed by atoms with Crippen LogP contribution in [0.25, 0.3) is 0 Å². The van der Waals surface area contributed by atoms with Crippen molar-refractivity contribution in [2.24, 2.45) is 0 Å². The van der Waals surface area contributed by atoms with Gasteiger partial charge in [0.15, 0.2) is 0 Å². The third-order valence-electron chi connectivity index (χ3n) is 4.11. The van der Waals surface area contributed by atoms with Crippen molar-refractivity contribution in [3.8, 4) is 0 Å². The maximum atomic E-state index is 11.5. The van der Waals surface area contributed by atoms with Gasteiger partial charge in [-0.2, -0.15) is 0 Å². The lowest BCUT2D eigenvalue weighted by Crippen LogP contribution is -2.29. The molecule has 1 fully saturated rings. The Labute approximate surface area is 113 Å². The van der Waals surface area contributed by atoms with Crippen LogP contribution in [0, 0.1) is 0 Å². The molecular weight excluding hydrogens is 240 g/mol. The third kappa shape index (κ3) is 2.31. The molecular formula is C15H20N2O2. The lowest BCUT2D eigenvalue weighted by atomic mass is 9.94. The van der Waals surface area contributed by atoms with Gasteiger partial charge in [-0.25, -0.2) is 9.78 Å². The molecule has 0 radical (unpaired) electrons. The number of hydrogen-bond acceptors (Lipinski definition) is 3. The normalized spacial score (nSPS) is 17.9. The highest BCUT2D eigenvalue weighted by molar-refractivity contribution is 5.93. The molecule has 0 spiro atoms. The van der Waals surface area contributed by atoms with Crippen molar-refractivity contribution in [1.82, 2.24) is 4.98 Å². The molecule has 0 aromatic carbocycles. The quantitative estimate of drug-likeness (QED) is 0.904. The molecule has 0 atom stereocenters. The van der Waals surface area contributed by atoms with Gasteiger partial charge in [0.25, 0.3) is 0 Å². The Bertz CT molecular complexity index is 509. The fourth-order valence-electron chi connectivity index (χ4n) is 2.97. The molecule has 2 aliphatic rings. The average molecular weight is 260 g/mol. The molecule has 1 heterocycles. The number of aromatic carboxylic acids is 1. The highest BCUT2D eigenvalue weighted by Gasteiger charge is 2.32. The molecule has 1 aromatic rings. The average Bonchev–Trinajstić information content (AvgIpc) is 3.23. The summed E-state index contributed by atoms with van der Waals surface area (Å²) in [6.45, 7) is 2.90. The van der Waals surface area contributed by atoms with Crippen molar-refractivity contribution in [3.05, 3.63) is 22.9 Å². The molecule has 1 aromatic heterocycles. The first-order chi connectivity index (χ1) is 9.20. The summed E-state index contributed by atoms with van der Waals surface area (Å²) >= 11 is 0. The van der Waals surface area contributed by atoms with E-state index in [4.69, 9.17) is 4.98 Å². The molecule has 2 aliphatic carbocycles. The summed E-state index contributed by atoms with van der Waals surface area (Å²) in [6, 6.07) is 2.36. The first-order valence-electron chi connectivity index (χ1n) is 7.23. The van der Waals surface area contributed by atoms with Gasteiger partial charge in [0.2, 0.25) is 0 Å². The standard InChI is InChI=1S/C15H20N2O2/c1-2-17(11-7-8-11)14-12(15(18)19)9-10-5-3-4-6-13(10)16-14/h9,11H,2-8H2,1H3,(H,18,19). The van der Waals surface area contributed by atoms with Crippen molar-refractivity contribution in [2.75, 3.05) is 11.4 Å². The van der Waals surface area contributed by atoms with Crippen LogP contribution in [0.4, 0.5) is 5.82 Å². The van der Waals surface area contributed by atoms with Crippen LogP contribution >= 0.6 is 0 Å². The molecule has 102 valence electrons. The Kier molecular flexibility index (Phi) is 3.17. The van der Waals surface area contributed by atoms with Gasteiger partial charge in [0.05, 0.1) is 0 Å². The van der Waals surface area contributed by atoms with E-state index < -0.39 is 5.97 Å². The second kappa shape index (κ2) is 4.83. The summed E-state index contributed by atoms with van der Waals surface area (Å²) in [5.74, 6) is -0.159. The van der Waals surface area contributed by atoms with E-state index in [-0.39, 0.29) is 0 Å². The number of hydrogen-bond donors (Lipinski definition) is 1. The van der Waals surface area contributed by atoms with E-state index in [1.807, 2.05) is 6.07 Å². The second-order valence-electron chi connectivity index (χ2n) is 5.49. The van der Waals surface area contributed by atoms with E-state index in [0.29, 0.717) is 17.4 Å². The molecule has 4 nitrogen and oxygen atoms in total. The number of carboxylic acids is 1. The molecule has 0 bridgehead atoms. The van der Waals surface area contributed by atoms with Gasteiger partial charge in [-0.05, 0) is 57.1 Å². The van der Waals surface area contributed by atoms with Crippen molar-refractivity contribution in [2.45, 2.75) is 51.5 Å². The van der Waals surface area contributed by atoms with Crippen LogP contribution in [-0.4, -0.2) is 28.6 Å². The van der Waals surface area contributed by atoms with E-state index in [0.717, 1.165) is 49.9 Å². The number of anilines is 1. The molecule has 0 amide bonds. The van der Waals surface area contributed by atoms with Crippen LogP contribution in [0.15, 0.2) is 6.07 Å². The van der Waals surface area contributed by atoms with Crippen molar-refractivity contribution in [3.63, 3.8) is 0 Å².